The molecule has 2 atom stereocenters. The molecule has 2 unspecified atom stereocenters. The summed E-state index contributed by atoms with van der Waals surface area (Å²) in [6.45, 7) is 2.55. The van der Waals surface area contributed by atoms with Crippen molar-refractivity contribution in [1.29, 1.82) is 0 Å². The molecule has 0 aliphatic carbocycles. The van der Waals surface area contributed by atoms with Crippen molar-refractivity contribution in [2.24, 2.45) is 0 Å². The Kier molecular flexibility index (Phi) is 6.65. The van der Waals surface area contributed by atoms with Crippen LogP contribution >= 0.6 is 11.8 Å². The van der Waals surface area contributed by atoms with Gasteiger partial charge in [-0.05, 0) is 54.8 Å². The fourth-order valence-corrected chi connectivity index (χ4v) is 4.58. The Morgan fingerprint density at radius 1 is 1.29 bits per heavy atom. The minimum absolute atomic E-state index is 0.0425. The van der Waals surface area contributed by atoms with Crippen LogP contribution in [0.1, 0.15) is 37.3 Å². The van der Waals surface area contributed by atoms with E-state index < -0.39 is 11.6 Å². The summed E-state index contributed by atoms with van der Waals surface area (Å²) in [6, 6.07) is 14.1. The predicted octanol–water partition coefficient (Wildman–Crippen LogP) is 4.28. The third kappa shape index (κ3) is 5.07. The molecule has 6 heteroatoms. The number of hydrogen-bond donors (Lipinski definition) is 3. The number of aliphatic carboxylic acids is 1. The average molecular weight is 402 g/mol. The SMILES string of the molecule is CNc1ccc(Sc2cccc(C3(O)CCOC(C)C3)c2)cc1CCC(=O)O. The highest BCUT2D eigenvalue weighted by molar-refractivity contribution is 7.99. The summed E-state index contributed by atoms with van der Waals surface area (Å²) in [7, 11) is 1.84. The Bertz CT molecular complexity index is 841. The first-order valence-electron chi connectivity index (χ1n) is 9.54. The van der Waals surface area contributed by atoms with Crippen LogP contribution in [0.2, 0.25) is 0 Å². The first-order valence-corrected chi connectivity index (χ1v) is 10.4. The molecule has 1 aliphatic heterocycles. The number of carboxylic acid groups (broad SMARTS) is 1. The van der Waals surface area contributed by atoms with E-state index in [1.165, 1.54) is 0 Å². The number of aryl methyl sites for hydroxylation is 1. The van der Waals surface area contributed by atoms with Gasteiger partial charge in [-0.3, -0.25) is 4.79 Å². The molecule has 0 amide bonds. The van der Waals surface area contributed by atoms with Crippen LogP contribution in [0.3, 0.4) is 0 Å². The van der Waals surface area contributed by atoms with Crippen molar-refractivity contribution in [3.05, 3.63) is 53.6 Å². The standard InChI is InChI=1S/C22H27NO4S/c1-15-14-22(26,10-11-27-15)17-4-3-5-18(13-17)28-19-7-8-20(23-2)16(12-19)6-9-21(24)25/h3-5,7-8,12-13,15,23,26H,6,9-11,14H2,1-2H3,(H,24,25). The summed E-state index contributed by atoms with van der Waals surface area (Å²) in [5.41, 5.74) is 2.01. The molecule has 0 radical (unpaired) electrons. The Hall–Kier alpha value is -2.02. The maximum absolute atomic E-state index is 11.1. The lowest BCUT2D eigenvalue weighted by Gasteiger charge is -2.36. The number of rotatable bonds is 7. The zero-order chi connectivity index (χ0) is 20.1. The lowest BCUT2D eigenvalue weighted by Crippen LogP contribution is -2.37. The maximum Gasteiger partial charge on any atom is 0.303 e. The molecule has 3 rings (SSSR count). The largest absolute Gasteiger partial charge is 0.481 e. The van der Waals surface area contributed by atoms with Gasteiger partial charge in [-0.2, -0.15) is 0 Å². The van der Waals surface area contributed by atoms with E-state index >= 15 is 0 Å². The van der Waals surface area contributed by atoms with Crippen molar-refractivity contribution in [3.63, 3.8) is 0 Å². The molecule has 1 fully saturated rings. The van der Waals surface area contributed by atoms with Gasteiger partial charge in [0, 0.05) is 41.8 Å². The molecule has 2 aromatic carbocycles. The number of benzene rings is 2. The smallest absolute Gasteiger partial charge is 0.303 e. The second kappa shape index (κ2) is 8.99. The normalized spacial score (nSPS) is 22.0. The second-order valence-corrected chi connectivity index (χ2v) is 8.41. The third-order valence-corrected chi connectivity index (χ3v) is 6.08. The van der Waals surface area contributed by atoms with Crippen LogP contribution in [0.15, 0.2) is 52.3 Å². The van der Waals surface area contributed by atoms with E-state index in [-0.39, 0.29) is 12.5 Å². The van der Waals surface area contributed by atoms with E-state index in [9.17, 15) is 9.90 Å². The first-order chi connectivity index (χ1) is 13.4. The van der Waals surface area contributed by atoms with Gasteiger partial charge in [-0.1, -0.05) is 23.9 Å². The summed E-state index contributed by atoms with van der Waals surface area (Å²) in [6.07, 6.45) is 1.82. The van der Waals surface area contributed by atoms with E-state index in [4.69, 9.17) is 9.84 Å². The molecule has 0 saturated carbocycles. The minimum atomic E-state index is -0.850. The fraction of sp³-hybridized carbons (Fsp3) is 0.409. The van der Waals surface area contributed by atoms with Crippen LogP contribution in [0.5, 0.6) is 0 Å². The maximum atomic E-state index is 11.1. The van der Waals surface area contributed by atoms with Crippen molar-refractivity contribution >= 4 is 23.4 Å². The number of nitrogens with one attached hydrogen (secondary N) is 1. The van der Waals surface area contributed by atoms with Crippen LogP contribution in [0, 0.1) is 0 Å². The Balaban J connectivity index is 1.80. The highest BCUT2D eigenvalue weighted by atomic mass is 32.2. The van der Waals surface area contributed by atoms with Crippen LogP contribution < -0.4 is 5.32 Å². The summed E-state index contributed by atoms with van der Waals surface area (Å²) in [5, 5.41) is 23.2. The van der Waals surface area contributed by atoms with Gasteiger partial charge in [-0.25, -0.2) is 0 Å². The molecule has 0 spiro atoms. The van der Waals surface area contributed by atoms with Gasteiger partial charge in [0.25, 0.3) is 0 Å². The summed E-state index contributed by atoms with van der Waals surface area (Å²) in [4.78, 5) is 13.0. The van der Waals surface area contributed by atoms with Gasteiger partial charge in [0.1, 0.15) is 0 Å². The fourth-order valence-electron chi connectivity index (χ4n) is 3.64. The molecule has 28 heavy (non-hydrogen) atoms. The van der Waals surface area contributed by atoms with Gasteiger partial charge >= 0.3 is 5.97 Å². The quantitative estimate of drug-likeness (QED) is 0.643. The highest BCUT2D eigenvalue weighted by Gasteiger charge is 2.35. The van der Waals surface area contributed by atoms with Crippen LogP contribution in [-0.4, -0.2) is 35.9 Å². The highest BCUT2D eigenvalue weighted by Crippen LogP contribution is 2.38. The molecule has 3 N–H and O–H groups in total. The van der Waals surface area contributed by atoms with Crippen molar-refractivity contribution in [3.8, 4) is 0 Å². The topological polar surface area (TPSA) is 78.8 Å². The Morgan fingerprint density at radius 3 is 2.79 bits per heavy atom. The molecule has 1 saturated heterocycles. The average Bonchev–Trinajstić information content (AvgIpc) is 2.66. The van der Waals surface area contributed by atoms with E-state index in [1.54, 1.807) is 11.8 Å². The van der Waals surface area contributed by atoms with Gasteiger partial charge in [-0.15, -0.1) is 0 Å². The number of hydrogen-bond acceptors (Lipinski definition) is 5. The molecule has 0 aromatic heterocycles. The minimum Gasteiger partial charge on any atom is -0.481 e. The van der Waals surface area contributed by atoms with E-state index in [2.05, 4.69) is 5.32 Å². The predicted molar refractivity (Wildman–Crippen MR) is 111 cm³/mol. The number of aliphatic hydroxyl groups is 1. The van der Waals surface area contributed by atoms with Crippen LogP contribution in [0.25, 0.3) is 0 Å². The molecule has 1 aliphatic rings. The van der Waals surface area contributed by atoms with Gasteiger partial charge in [0.2, 0.25) is 0 Å². The Morgan fingerprint density at radius 2 is 2.07 bits per heavy atom. The molecular weight excluding hydrogens is 374 g/mol. The third-order valence-electron chi connectivity index (χ3n) is 5.10. The van der Waals surface area contributed by atoms with E-state index in [1.807, 2.05) is 56.4 Å². The van der Waals surface area contributed by atoms with Crippen molar-refractivity contribution in [2.75, 3.05) is 19.0 Å². The first kappa shape index (κ1) is 20.7. The number of carbonyl (C=O) groups is 1. The second-order valence-electron chi connectivity index (χ2n) is 7.26. The van der Waals surface area contributed by atoms with Crippen LogP contribution in [-0.2, 0) is 21.6 Å². The number of anilines is 1. The van der Waals surface area contributed by atoms with Crippen molar-refractivity contribution < 1.29 is 19.7 Å². The number of ether oxygens (including phenoxy) is 1. The van der Waals surface area contributed by atoms with Crippen LogP contribution in [0.4, 0.5) is 5.69 Å². The molecule has 150 valence electrons. The molecule has 5 nitrogen and oxygen atoms in total. The monoisotopic (exact) mass is 401 g/mol. The van der Waals surface area contributed by atoms with Gasteiger partial charge in [0.05, 0.1) is 18.3 Å². The lowest BCUT2D eigenvalue weighted by atomic mass is 9.84. The summed E-state index contributed by atoms with van der Waals surface area (Å²) in [5.74, 6) is -0.799. The zero-order valence-electron chi connectivity index (χ0n) is 16.3. The zero-order valence-corrected chi connectivity index (χ0v) is 17.1. The number of carboxylic acids is 1. The van der Waals surface area contributed by atoms with E-state index in [0.717, 1.165) is 26.6 Å². The lowest BCUT2D eigenvalue weighted by molar-refractivity contribution is -0.136. The molecular formula is C22H27NO4S. The Labute approximate surface area is 170 Å². The molecule has 1 heterocycles. The van der Waals surface area contributed by atoms with Gasteiger partial charge in [0.15, 0.2) is 0 Å². The molecule has 0 bridgehead atoms. The molecule has 2 aromatic rings. The van der Waals surface area contributed by atoms with E-state index in [0.29, 0.717) is 25.9 Å². The van der Waals surface area contributed by atoms with Crippen molar-refractivity contribution in [2.45, 2.75) is 54.1 Å². The van der Waals surface area contributed by atoms with Gasteiger partial charge < -0.3 is 20.3 Å². The summed E-state index contributed by atoms with van der Waals surface area (Å²) < 4.78 is 5.58. The summed E-state index contributed by atoms with van der Waals surface area (Å²) >= 11 is 1.62. The van der Waals surface area contributed by atoms with Crippen molar-refractivity contribution in [1.82, 2.24) is 0 Å².